The van der Waals surface area contributed by atoms with Crippen molar-refractivity contribution in [3.63, 3.8) is 0 Å². The molecule has 6 nitrogen and oxygen atoms in total. The van der Waals surface area contributed by atoms with E-state index in [2.05, 4.69) is 84.4 Å². The summed E-state index contributed by atoms with van der Waals surface area (Å²) in [5.74, 6) is -0.129. The van der Waals surface area contributed by atoms with Crippen LogP contribution in [-0.4, -0.2) is 71.5 Å². The molecule has 0 fully saturated rings. The predicted molar refractivity (Wildman–Crippen MR) is 188 cm³/mol. The van der Waals surface area contributed by atoms with Gasteiger partial charge in [-0.15, -0.1) is 0 Å². The zero-order chi connectivity index (χ0) is 32.8. The van der Waals surface area contributed by atoms with E-state index in [1.165, 1.54) is 61.0 Å². The van der Waals surface area contributed by atoms with E-state index in [0.29, 0.717) is 19.3 Å². The Hall–Kier alpha value is 0.259. The summed E-state index contributed by atoms with van der Waals surface area (Å²) in [7, 11) is 0. The maximum atomic E-state index is 10.4. The minimum atomic E-state index is -0.799. The number of hydrogen-bond donors (Lipinski definition) is 6. The monoisotopic (exact) mass is 748 g/mol. The Labute approximate surface area is 282 Å². The van der Waals surface area contributed by atoms with Crippen molar-refractivity contribution in [3.05, 3.63) is 0 Å². The number of carbonyl (C=O) groups is 3. The molecule has 0 bridgehead atoms. The van der Waals surface area contributed by atoms with Gasteiger partial charge in [0, 0.05) is 0 Å². The van der Waals surface area contributed by atoms with Crippen molar-refractivity contribution >= 4 is 78.3 Å². The van der Waals surface area contributed by atoms with Gasteiger partial charge in [-0.1, -0.05) is 119 Å². The summed E-state index contributed by atoms with van der Waals surface area (Å²) in [5, 5.41) is 24.2. The minimum absolute atomic E-state index is 0.473. The van der Waals surface area contributed by atoms with Crippen molar-refractivity contribution in [1.29, 1.82) is 0 Å². The average Bonchev–Trinajstić information content (AvgIpc) is 2.88. The van der Waals surface area contributed by atoms with Crippen LogP contribution in [0.3, 0.4) is 0 Å². The van der Waals surface area contributed by atoms with Gasteiger partial charge in [0.15, 0.2) is 0 Å². The van der Waals surface area contributed by atoms with Crippen LogP contribution in [0, 0.1) is 17.8 Å². The molecule has 0 saturated heterocycles. The molecule has 0 aliphatic heterocycles. The van der Waals surface area contributed by atoms with Crippen molar-refractivity contribution in [2.75, 3.05) is 0 Å². The van der Waals surface area contributed by atoms with Gasteiger partial charge in [0.1, 0.15) is 0 Å². The molecule has 2 radical (unpaired) electrons. The fourth-order valence-corrected chi connectivity index (χ4v) is 4.12. The molecule has 0 rings (SSSR count). The van der Waals surface area contributed by atoms with Crippen LogP contribution in [0.25, 0.3) is 0 Å². The molecule has 0 aliphatic rings. The first kappa shape index (κ1) is 48.2. The van der Waals surface area contributed by atoms with E-state index in [0.717, 1.165) is 56.3 Å². The van der Waals surface area contributed by atoms with Crippen molar-refractivity contribution in [3.8, 4) is 0 Å². The van der Waals surface area contributed by atoms with Crippen LogP contribution in [0.1, 0.15) is 138 Å². The van der Waals surface area contributed by atoms with Crippen LogP contribution in [-0.2, 0) is 14.4 Å². The van der Waals surface area contributed by atoms with Crippen LogP contribution >= 0.6 is 37.9 Å². The third-order valence-electron chi connectivity index (χ3n) is 6.13. The number of thiol groups is 3. The molecule has 41 heavy (non-hydrogen) atoms. The number of unbranched alkanes of at least 4 members (excludes halogenated alkanes) is 6. The van der Waals surface area contributed by atoms with E-state index in [1.807, 2.05) is 0 Å². The molecular weight excluding hydrogens is 683 g/mol. The first-order valence-corrected chi connectivity index (χ1v) is 20.3. The first-order valence-electron chi connectivity index (χ1n) is 15.4. The number of aliphatic carboxylic acids is 3. The number of hydrogen-bond acceptors (Lipinski definition) is 6. The van der Waals surface area contributed by atoms with Gasteiger partial charge in [0.05, 0.1) is 15.7 Å². The fourth-order valence-electron chi connectivity index (χ4n) is 3.57. The summed E-state index contributed by atoms with van der Waals surface area (Å²) in [6, 6.07) is 0. The normalized spacial score (nSPS) is 12.7. The quantitative estimate of drug-likeness (QED) is 0.0398. The van der Waals surface area contributed by atoms with E-state index in [4.69, 9.17) is 15.3 Å². The Kier molecular flexibility index (Phi) is 40.8. The molecule has 0 heterocycles. The van der Waals surface area contributed by atoms with Gasteiger partial charge in [0.25, 0.3) is 0 Å². The molecule has 0 amide bonds. The van der Waals surface area contributed by atoms with Crippen LogP contribution in [0.4, 0.5) is 0 Å². The topological polar surface area (TPSA) is 112 Å². The summed E-state index contributed by atoms with van der Waals surface area (Å²) in [5.41, 5.74) is 0. The van der Waals surface area contributed by atoms with Crippen molar-refractivity contribution < 1.29 is 29.7 Å². The van der Waals surface area contributed by atoms with Gasteiger partial charge >= 0.3 is 45.4 Å². The molecule has 0 spiro atoms. The molecule has 10 heteroatoms. The summed E-state index contributed by atoms with van der Waals surface area (Å²) in [6.45, 7) is 13.2. The molecule has 0 aromatic carbocycles. The Bertz CT molecular complexity index is 526. The molecule has 0 saturated carbocycles. The number of carboxylic acid groups (broad SMARTS) is 3. The van der Waals surface area contributed by atoms with E-state index in [-0.39, 0.29) is 0 Å². The van der Waals surface area contributed by atoms with Gasteiger partial charge in [-0.25, -0.2) is 0 Å². The maximum absolute atomic E-state index is 10.4. The Morgan fingerprint density at radius 1 is 0.439 bits per heavy atom. The van der Waals surface area contributed by atoms with Crippen LogP contribution < -0.4 is 0 Å². The Morgan fingerprint density at radius 2 is 0.610 bits per heavy atom. The van der Waals surface area contributed by atoms with Crippen LogP contribution in [0.5, 0.6) is 0 Å². The molecule has 3 atom stereocenters. The van der Waals surface area contributed by atoms with Gasteiger partial charge in [-0.05, 0) is 37.0 Å². The van der Waals surface area contributed by atoms with E-state index >= 15 is 0 Å². The van der Waals surface area contributed by atoms with Gasteiger partial charge < -0.3 is 15.3 Å². The number of carboxylic acids is 3. The third-order valence-corrected chi connectivity index (χ3v) is 7.57. The van der Waals surface area contributed by atoms with E-state index < -0.39 is 33.7 Å². The zero-order valence-electron chi connectivity index (χ0n) is 27.1. The summed E-state index contributed by atoms with van der Waals surface area (Å²) >= 11 is 13.3. The second-order valence-corrected chi connectivity index (χ2v) is 13.5. The summed E-state index contributed by atoms with van der Waals surface area (Å²) in [4.78, 5) is 33.3. The predicted octanol–water partition coefficient (Wildman–Crippen LogP) is 8.86. The van der Waals surface area contributed by atoms with Crippen LogP contribution in [0.15, 0.2) is 0 Å². The first-order chi connectivity index (χ1) is 19.1. The Morgan fingerprint density at radius 3 is 0.756 bits per heavy atom. The standard InChI is InChI=1S/3C10H20O2S.CH3.Sn.H/c3*1-8(2)6-4-3-5-7-9(13)10(11)12;;;/h3*8-9,13H,3-7H2,1-2H3,(H,11,12);1H3;;. The molecule has 0 aromatic rings. The summed E-state index contributed by atoms with van der Waals surface area (Å²) in [6.07, 6.45) is 15.7. The molecule has 3 unspecified atom stereocenters. The van der Waals surface area contributed by atoms with Crippen molar-refractivity contribution in [2.24, 2.45) is 17.8 Å². The number of rotatable bonds is 21. The van der Waals surface area contributed by atoms with E-state index in [9.17, 15) is 14.4 Å². The van der Waals surface area contributed by atoms with Crippen molar-refractivity contribution in [1.82, 2.24) is 0 Å². The van der Waals surface area contributed by atoms with Crippen molar-refractivity contribution in [2.45, 2.75) is 159 Å². The van der Waals surface area contributed by atoms with Gasteiger partial charge in [0.2, 0.25) is 0 Å². The molecule has 0 aliphatic carbocycles. The van der Waals surface area contributed by atoms with Gasteiger partial charge in [-0.2, -0.15) is 37.9 Å². The molecule has 0 aromatic heterocycles. The summed E-state index contributed by atoms with van der Waals surface area (Å²) < 4.78 is 0. The zero-order valence-corrected chi connectivity index (χ0v) is 33.0. The Balaban J connectivity index is -0.000000243. The molecular formula is C31H64O6S3Sn. The second kappa shape index (κ2) is 34.7. The molecule has 3 N–H and O–H groups in total. The van der Waals surface area contributed by atoms with E-state index in [1.54, 1.807) is 0 Å². The average molecular weight is 748 g/mol. The van der Waals surface area contributed by atoms with Gasteiger partial charge in [-0.3, -0.25) is 14.4 Å². The fraction of sp³-hybridized carbons (Fsp3) is 0.903. The molecule has 246 valence electrons. The second-order valence-electron chi connectivity index (χ2n) is 11.7. The third kappa shape index (κ3) is 44.8. The SMILES string of the molecule is CC(C)CCCCCC(S)C(=O)O.CC(C)CCCCCC(S)C(=O)O.CC(C)CCCCCC(S)C(=O)O.[CH3][SnH]. The van der Waals surface area contributed by atoms with Crippen LogP contribution in [0.2, 0.25) is 4.94 Å².